The average molecular weight is 262 g/mol. The maximum absolute atomic E-state index is 13.9. The molecule has 2 heterocycles. The van der Waals surface area contributed by atoms with Gasteiger partial charge >= 0.3 is 0 Å². The number of amides is 1. The second-order valence-electron chi connectivity index (χ2n) is 5.54. The van der Waals surface area contributed by atoms with E-state index in [4.69, 9.17) is 0 Å². The Morgan fingerprint density at radius 3 is 2.63 bits per heavy atom. The zero-order valence-corrected chi connectivity index (χ0v) is 11.0. The molecule has 0 atom stereocenters. The van der Waals surface area contributed by atoms with Crippen LogP contribution in [0.2, 0.25) is 0 Å². The first kappa shape index (κ1) is 12.6. The van der Waals surface area contributed by atoms with Gasteiger partial charge in [0.2, 0.25) is 5.91 Å². The Balaban J connectivity index is 1.91. The van der Waals surface area contributed by atoms with Gasteiger partial charge in [-0.15, -0.1) is 0 Å². The van der Waals surface area contributed by atoms with Gasteiger partial charge in [0.05, 0.1) is 11.1 Å². The van der Waals surface area contributed by atoms with Crippen LogP contribution in [0.5, 0.6) is 0 Å². The Kier molecular flexibility index (Phi) is 3.27. The number of hydrogen-bond donors (Lipinski definition) is 1. The Labute approximate surface area is 112 Å². The highest BCUT2D eigenvalue weighted by molar-refractivity contribution is 5.98. The number of nitrogens with one attached hydrogen (secondary N) is 1. The molecule has 4 heteroatoms. The minimum Gasteiger partial charge on any atom is -0.317 e. The van der Waals surface area contributed by atoms with Crippen molar-refractivity contribution in [2.24, 2.45) is 5.41 Å². The van der Waals surface area contributed by atoms with Crippen LogP contribution < -0.4 is 10.2 Å². The summed E-state index contributed by atoms with van der Waals surface area (Å²) in [6, 6.07) is 6.57. The molecule has 1 N–H and O–H groups in total. The lowest BCUT2D eigenvalue weighted by Crippen LogP contribution is -2.53. The van der Waals surface area contributed by atoms with E-state index in [0.717, 1.165) is 38.8 Å². The van der Waals surface area contributed by atoms with Crippen LogP contribution in [0.25, 0.3) is 0 Å². The van der Waals surface area contributed by atoms with Gasteiger partial charge in [-0.25, -0.2) is 4.39 Å². The molecule has 19 heavy (non-hydrogen) atoms. The third-order valence-corrected chi connectivity index (χ3v) is 4.44. The molecule has 0 aliphatic carbocycles. The lowest BCUT2D eigenvalue weighted by Gasteiger charge is -2.44. The number of anilines is 1. The highest BCUT2D eigenvalue weighted by atomic mass is 19.1. The topological polar surface area (TPSA) is 32.3 Å². The number of nitrogens with zero attached hydrogens (tertiary/aromatic N) is 1. The summed E-state index contributed by atoms with van der Waals surface area (Å²) < 4.78 is 13.9. The fourth-order valence-electron chi connectivity index (χ4n) is 3.34. The molecule has 3 rings (SSSR count). The molecule has 1 amide bonds. The van der Waals surface area contributed by atoms with Gasteiger partial charge in [0.25, 0.3) is 0 Å². The average Bonchev–Trinajstić information content (AvgIpc) is 2.44. The lowest BCUT2D eigenvalue weighted by atomic mass is 9.72. The first-order valence-corrected chi connectivity index (χ1v) is 7.00. The molecule has 1 aromatic carbocycles. The van der Waals surface area contributed by atoms with Crippen LogP contribution in [0, 0.1) is 11.2 Å². The van der Waals surface area contributed by atoms with E-state index < -0.39 is 0 Å². The Morgan fingerprint density at radius 2 is 1.89 bits per heavy atom. The van der Waals surface area contributed by atoms with E-state index >= 15 is 0 Å². The number of para-hydroxylation sites is 1. The number of benzene rings is 1. The van der Waals surface area contributed by atoms with Crippen molar-refractivity contribution in [3.8, 4) is 0 Å². The highest BCUT2D eigenvalue weighted by Gasteiger charge is 2.45. The van der Waals surface area contributed by atoms with Crippen molar-refractivity contribution in [2.45, 2.75) is 25.7 Å². The molecule has 3 nitrogen and oxygen atoms in total. The first-order chi connectivity index (χ1) is 9.23. The standard InChI is InChI=1S/C15H19FN2O/c16-12-4-1-2-5-13(12)18-11-3-6-15(14(18)19)7-9-17-10-8-15/h1-2,4-5,17H,3,6-11H2. The van der Waals surface area contributed by atoms with Crippen LogP contribution in [0.15, 0.2) is 24.3 Å². The van der Waals surface area contributed by atoms with Crippen LogP contribution in [-0.4, -0.2) is 25.5 Å². The maximum atomic E-state index is 13.9. The van der Waals surface area contributed by atoms with Gasteiger partial charge in [-0.3, -0.25) is 4.79 Å². The zero-order valence-electron chi connectivity index (χ0n) is 11.0. The molecule has 0 saturated carbocycles. The fourth-order valence-corrected chi connectivity index (χ4v) is 3.34. The Hall–Kier alpha value is -1.42. The summed E-state index contributed by atoms with van der Waals surface area (Å²) in [6.45, 7) is 2.41. The minimum atomic E-state index is -0.304. The van der Waals surface area contributed by atoms with Crippen molar-refractivity contribution in [3.63, 3.8) is 0 Å². The molecule has 0 bridgehead atoms. The molecule has 1 aromatic rings. The molecule has 1 spiro atoms. The molecule has 0 aromatic heterocycles. The monoisotopic (exact) mass is 262 g/mol. The summed E-state index contributed by atoms with van der Waals surface area (Å²) in [6.07, 6.45) is 3.64. The molecule has 2 aliphatic heterocycles. The normalized spacial score (nSPS) is 22.8. The van der Waals surface area contributed by atoms with E-state index in [1.54, 1.807) is 23.1 Å². The van der Waals surface area contributed by atoms with E-state index in [-0.39, 0.29) is 17.1 Å². The minimum absolute atomic E-state index is 0.116. The SMILES string of the molecule is O=C1N(c2ccccc2F)CCCC12CCNCC2. The molecule has 2 fully saturated rings. The van der Waals surface area contributed by atoms with Gasteiger partial charge in [-0.1, -0.05) is 12.1 Å². The van der Waals surface area contributed by atoms with Crippen molar-refractivity contribution in [1.82, 2.24) is 5.32 Å². The smallest absolute Gasteiger partial charge is 0.233 e. The van der Waals surface area contributed by atoms with Gasteiger partial charge in [0.15, 0.2) is 0 Å². The summed E-state index contributed by atoms with van der Waals surface area (Å²) >= 11 is 0. The van der Waals surface area contributed by atoms with Crippen molar-refractivity contribution < 1.29 is 9.18 Å². The number of carbonyl (C=O) groups is 1. The van der Waals surface area contributed by atoms with Gasteiger partial charge < -0.3 is 10.2 Å². The van der Waals surface area contributed by atoms with Gasteiger partial charge in [-0.2, -0.15) is 0 Å². The third-order valence-electron chi connectivity index (χ3n) is 4.44. The summed E-state index contributed by atoms with van der Waals surface area (Å²) in [4.78, 5) is 14.4. The molecule has 0 unspecified atom stereocenters. The Morgan fingerprint density at radius 1 is 1.16 bits per heavy atom. The van der Waals surface area contributed by atoms with E-state index in [9.17, 15) is 9.18 Å². The number of piperidine rings is 2. The number of carbonyl (C=O) groups excluding carboxylic acids is 1. The zero-order chi connectivity index (χ0) is 13.3. The predicted octanol–water partition coefficient (Wildman–Crippen LogP) is 2.32. The molecular formula is C15H19FN2O. The second-order valence-corrected chi connectivity index (χ2v) is 5.54. The van der Waals surface area contributed by atoms with Crippen molar-refractivity contribution in [2.75, 3.05) is 24.5 Å². The fraction of sp³-hybridized carbons (Fsp3) is 0.533. The lowest BCUT2D eigenvalue weighted by molar-refractivity contribution is -0.132. The number of rotatable bonds is 1. The number of hydrogen-bond acceptors (Lipinski definition) is 2. The molecule has 0 radical (unpaired) electrons. The van der Waals surface area contributed by atoms with Crippen LogP contribution >= 0.6 is 0 Å². The van der Waals surface area contributed by atoms with E-state index in [2.05, 4.69) is 5.32 Å². The third kappa shape index (κ3) is 2.14. The molecule has 2 saturated heterocycles. The summed E-state index contributed by atoms with van der Waals surface area (Å²) in [5.41, 5.74) is 0.177. The van der Waals surface area contributed by atoms with Crippen LogP contribution in [0.1, 0.15) is 25.7 Å². The summed E-state index contributed by atoms with van der Waals surface area (Å²) in [7, 11) is 0. The molecule has 102 valence electrons. The van der Waals surface area contributed by atoms with Gasteiger partial charge in [-0.05, 0) is 50.9 Å². The van der Waals surface area contributed by atoms with Gasteiger partial charge in [0, 0.05) is 6.54 Å². The quantitative estimate of drug-likeness (QED) is 0.842. The summed E-state index contributed by atoms with van der Waals surface area (Å²) in [5, 5.41) is 3.30. The van der Waals surface area contributed by atoms with Crippen molar-refractivity contribution in [3.05, 3.63) is 30.1 Å². The van der Waals surface area contributed by atoms with E-state index in [1.165, 1.54) is 6.07 Å². The highest BCUT2D eigenvalue weighted by Crippen LogP contribution is 2.41. The predicted molar refractivity (Wildman–Crippen MR) is 72.5 cm³/mol. The van der Waals surface area contributed by atoms with Crippen LogP contribution in [0.4, 0.5) is 10.1 Å². The molecule has 2 aliphatic rings. The second kappa shape index (κ2) is 4.93. The van der Waals surface area contributed by atoms with Crippen LogP contribution in [0.3, 0.4) is 0 Å². The van der Waals surface area contributed by atoms with E-state index in [0.29, 0.717) is 12.2 Å². The largest absolute Gasteiger partial charge is 0.317 e. The van der Waals surface area contributed by atoms with Crippen LogP contribution in [-0.2, 0) is 4.79 Å². The maximum Gasteiger partial charge on any atom is 0.233 e. The molecular weight excluding hydrogens is 243 g/mol. The summed E-state index contributed by atoms with van der Waals surface area (Å²) in [5.74, 6) is -0.188. The van der Waals surface area contributed by atoms with Gasteiger partial charge in [0.1, 0.15) is 5.82 Å². The first-order valence-electron chi connectivity index (χ1n) is 7.00. The number of halogens is 1. The van der Waals surface area contributed by atoms with Crippen molar-refractivity contribution >= 4 is 11.6 Å². The van der Waals surface area contributed by atoms with Crippen molar-refractivity contribution in [1.29, 1.82) is 0 Å². The van der Waals surface area contributed by atoms with E-state index in [1.807, 2.05) is 0 Å². The Bertz CT molecular complexity index is 477.